The lowest BCUT2D eigenvalue weighted by molar-refractivity contribution is 0.120. The van der Waals surface area contributed by atoms with E-state index in [1.807, 2.05) is 12.1 Å². The van der Waals surface area contributed by atoms with E-state index in [0.717, 1.165) is 23.4 Å². The lowest BCUT2D eigenvalue weighted by atomic mass is 10.0. The van der Waals surface area contributed by atoms with Crippen molar-refractivity contribution in [3.63, 3.8) is 0 Å². The van der Waals surface area contributed by atoms with Crippen LogP contribution in [0.1, 0.15) is 19.4 Å². The molecule has 2 aliphatic rings. The van der Waals surface area contributed by atoms with Crippen LogP contribution in [-0.4, -0.2) is 16.3 Å². The van der Waals surface area contributed by atoms with Crippen molar-refractivity contribution >= 4 is 10.9 Å². The quantitative estimate of drug-likeness (QED) is 0.835. The number of ether oxygens (including phenoxy) is 1. The van der Waals surface area contributed by atoms with Crippen LogP contribution in [0.5, 0.6) is 5.88 Å². The third kappa shape index (κ3) is 1.000. The minimum atomic E-state index is -0.704. The third-order valence-electron chi connectivity index (χ3n) is 4.91. The van der Waals surface area contributed by atoms with E-state index in [9.17, 15) is 5.11 Å². The molecule has 0 spiro atoms. The molecule has 2 aromatic rings. The van der Waals surface area contributed by atoms with Crippen molar-refractivity contribution in [1.82, 2.24) is 4.57 Å². The highest BCUT2D eigenvalue weighted by Gasteiger charge is 2.62. The topological polar surface area (TPSA) is 34.4 Å². The predicted octanol–water partition coefficient (Wildman–Crippen LogP) is 2.51. The summed E-state index contributed by atoms with van der Waals surface area (Å²) in [5, 5.41) is 12.0. The summed E-state index contributed by atoms with van der Waals surface area (Å²) in [7, 11) is 0. The van der Waals surface area contributed by atoms with Crippen LogP contribution in [0.4, 0.5) is 0 Å². The van der Waals surface area contributed by atoms with Crippen LogP contribution >= 0.6 is 0 Å². The van der Waals surface area contributed by atoms with Crippen molar-refractivity contribution in [2.45, 2.75) is 26.0 Å². The molecule has 3 heteroatoms. The SMILES string of the molecule is CC1C(C)C1(O)c1c2n(c3ccccc13)CCO2. The minimum absolute atomic E-state index is 0.303. The van der Waals surface area contributed by atoms with Crippen LogP contribution in [0.2, 0.25) is 0 Å². The van der Waals surface area contributed by atoms with Gasteiger partial charge in [-0.1, -0.05) is 32.0 Å². The number of fused-ring (bicyclic) bond motifs is 3. The summed E-state index contributed by atoms with van der Waals surface area (Å²) in [5.74, 6) is 1.49. The Balaban J connectivity index is 2.06. The van der Waals surface area contributed by atoms with Crippen LogP contribution in [0, 0.1) is 11.8 Å². The highest BCUT2D eigenvalue weighted by molar-refractivity contribution is 5.89. The second kappa shape index (κ2) is 3.09. The number of aliphatic hydroxyl groups is 1. The van der Waals surface area contributed by atoms with Gasteiger partial charge in [0.1, 0.15) is 12.2 Å². The number of nitrogens with zero attached hydrogens (tertiary/aromatic N) is 1. The van der Waals surface area contributed by atoms with Crippen molar-refractivity contribution in [2.75, 3.05) is 6.61 Å². The van der Waals surface area contributed by atoms with Crippen molar-refractivity contribution in [3.8, 4) is 5.88 Å². The molecule has 3 nitrogen and oxygen atoms in total. The van der Waals surface area contributed by atoms with Gasteiger partial charge >= 0.3 is 0 Å². The molecular weight excluding hydrogens is 226 g/mol. The van der Waals surface area contributed by atoms with E-state index in [2.05, 4.69) is 30.5 Å². The van der Waals surface area contributed by atoms with Crippen LogP contribution in [0.25, 0.3) is 10.9 Å². The van der Waals surface area contributed by atoms with Crippen LogP contribution in [0.15, 0.2) is 24.3 Å². The Bertz CT molecular complexity index is 635. The van der Waals surface area contributed by atoms with Gasteiger partial charge in [-0.2, -0.15) is 0 Å². The molecule has 1 aromatic carbocycles. The molecule has 0 amide bonds. The van der Waals surface area contributed by atoms with E-state index in [1.54, 1.807) is 0 Å². The molecule has 2 atom stereocenters. The number of para-hydroxylation sites is 1. The zero-order valence-electron chi connectivity index (χ0n) is 10.7. The number of aromatic nitrogens is 1. The normalized spacial score (nSPS) is 33.5. The Morgan fingerprint density at radius 1 is 1.28 bits per heavy atom. The Morgan fingerprint density at radius 2 is 2.00 bits per heavy atom. The van der Waals surface area contributed by atoms with Crippen LogP contribution < -0.4 is 4.74 Å². The maximum atomic E-state index is 10.9. The van der Waals surface area contributed by atoms with Crippen molar-refractivity contribution < 1.29 is 9.84 Å². The fourth-order valence-electron chi connectivity index (χ4n) is 3.48. The molecule has 2 heterocycles. The first-order valence-corrected chi connectivity index (χ1v) is 6.62. The fourth-order valence-corrected chi connectivity index (χ4v) is 3.48. The Morgan fingerprint density at radius 3 is 2.72 bits per heavy atom. The first-order valence-electron chi connectivity index (χ1n) is 6.62. The molecule has 1 N–H and O–H groups in total. The fraction of sp³-hybridized carbons (Fsp3) is 0.467. The number of rotatable bonds is 1. The highest BCUT2D eigenvalue weighted by atomic mass is 16.5. The molecule has 94 valence electrons. The molecule has 4 rings (SSSR count). The first-order chi connectivity index (χ1) is 8.65. The number of hydrogen-bond donors (Lipinski definition) is 1. The van der Waals surface area contributed by atoms with Gasteiger partial charge in [0.15, 0.2) is 0 Å². The van der Waals surface area contributed by atoms with Crippen LogP contribution in [0.3, 0.4) is 0 Å². The standard InChI is InChI=1S/C15H17NO2/c1-9-10(2)15(9,17)13-11-5-3-4-6-12(11)16-7-8-18-14(13)16/h3-6,9-10,17H,7-8H2,1-2H3. The number of hydrogen-bond acceptors (Lipinski definition) is 2. The van der Waals surface area contributed by atoms with Crippen LogP contribution in [-0.2, 0) is 12.1 Å². The molecule has 0 radical (unpaired) electrons. The van der Waals surface area contributed by atoms with Gasteiger partial charge in [0.2, 0.25) is 5.88 Å². The van der Waals surface area contributed by atoms with E-state index in [0.29, 0.717) is 18.4 Å². The van der Waals surface area contributed by atoms with Gasteiger partial charge in [-0.3, -0.25) is 0 Å². The summed E-state index contributed by atoms with van der Waals surface area (Å²) >= 11 is 0. The Kier molecular flexibility index (Phi) is 1.80. The zero-order valence-corrected chi connectivity index (χ0v) is 10.7. The predicted molar refractivity (Wildman–Crippen MR) is 69.7 cm³/mol. The highest BCUT2D eigenvalue weighted by Crippen LogP contribution is 2.61. The van der Waals surface area contributed by atoms with Gasteiger partial charge in [0.05, 0.1) is 17.6 Å². The summed E-state index contributed by atoms with van der Waals surface area (Å²) in [5.41, 5.74) is 1.49. The average Bonchev–Trinajstić information content (AvgIpc) is 2.84. The molecule has 1 aliphatic heterocycles. The van der Waals surface area contributed by atoms with E-state index >= 15 is 0 Å². The molecule has 1 fully saturated rings. The Labute approximate surface area is 106 Å². The van der Waals surface area contributed by atoms with Gasteiger partial charge in [-0.15, -0.1) is 0 Å². The molecule has 1 aliphatic carbocycles. The van der Waals surface area contributed by atoms with Gasteiger partial charge < -0.3 is 14.4 Å². The molecule has 2 unspecified atom stereocenters. The average molecular weight is 243 g/mol. The molecule has 0 bridgehead atoms. The van der Waals surface area contributed by atoms with E-state index < -0.39 is 5.60 Å². The van der Waals surface area contributed by atoms with Crippen molar-refractivity contribution in [3.05, 3.63) is 29.8 Å². The maximum Gasteiger partial charge on any atom is 0.201 e. The van der Waals surface area contributed by atoms with Crippen molar-refractivity contribution in [1.29, 1.82) is 0 Å². The smallest absolute Gasteiger partial charge is 0.201 e. The van der Waals surface area contributed by atoms with E-state index in [-0.39, 0.29) is 0 Å². The van der Waals surface area contributed by atoms with Gasteiger partial charge in [-0.05, 0) is 17.9 Å². The largest absolute Gasteiger partial charge is 0.477 e. The monoisotopic (exact) mass is 243 g/mol. The molecule has 18 heavy (non-hydrogen) atoms. The van der Waals surface area contributed by atoms with Gasteiger partial charge in [-0.25, -0.2) is 0 Å². The summed E-state index contributed by atoms with van der Waals surface area (Å²) in [6.07, 6.45) is 0. The van der Waals surface area contributed by atoms with Gasteiger partial charge in [0, 0.05) is 5.39 Å². The summed E-state index contributed by atoms with van der Waals surface area (Å²) in [4.78, 5) is 0. The van der Waals surface area contributed by atoms with Crippen molar-refractivity contribution in [2.24, 2.45) is 11.8 Å². The summed E-state index contributed by atoms with van der Waals surface area (Å²) in [6.45, 7) is 5.82. The van der Waals surface area contributed by atoms with E-state index in [4.69, 9.17) is 4.74 Å². The van der Waals surface area contributed by atoms with Gasteiger partial charge in [0.25, 0.3) is 0 Å². The third-order valence-corrected chi connectivity index (χ3v) is 4.91. The zero-order chi connectivity index (χ0) is 12.5. The molecule has 1 aromatic heterocycles. The molecule has 1 saturated carbocycles. The summed E-state index contributed by atoms with van der Waals surface area (Å²) in [6, 6.07) is 8.28. The molecule has 0 saturated heterocycles. The number of benzene rings is 1. The van der Waals surface area contributed by atoms with E-state index in [1.165, 1.54) is 5.52 Å². The minimum Gasteiger partial charge on any atom is -0.477 e. The first kappa shape index (κ1) is 10.4. The lowest BCUT2D eigenvalue weighted by Crippen LogP contribution is -2.10. The maximum absolute atomic E-state index is 10.9. The molecular formula is C15H17NO2. The second-order valence-corrected chi connectivity index (χ2v) is 5.60. The Hall–Kier alpha value is -1.48. The summed E-state index contributed by atoms with van der Waals surface area (Å²) < 4.78 is 7.98. The second-order valence-electron chi connectivity index (χ2n) is 5.60. The lowest BCUT2D eigenvalue weighted by Gasteiger charge is -2.11.